The first kappa shape index (κ1) is 21.1. The fourth-order valence-electron chi connectivity index (χ4n) is 5.85. The van der Waals surface area contributed by atoms with Gasteiger partial charge in [0.25, 0.3) is 5.91 Å². The van der Waals surface area contributed by atoms with Crippen LogP contribution in [-0.2, 0) is 9.53 Å². The van der Waals surface area contributed by atoms with E-state index in [-0.39, 0.29) is 18.1 Å². The van der Waals surface area contributed by atoms with E-state index in [1.54, 1.807) is 7.11 Å². The minimum Gasteiger partial charge on any atom is -0.375 e. The largest absolute Gasteiger partial charge is 0.375 e. The van der Waals surface area contributed by atoms with Gasteiger partial charge in [0.05, 0.1) is 12.1 Å². The summed E-state index contributed by atoms with van der Waals surface area (Å²) in [4.78, 5) is 17.7. The van der Waals surface area contributed by atoms with Gasteiger partial charge in [0.1, 0.15) is 0 Å². The molecule has 29 heavy (non-hydrogen) atoms. The molecular formula is C24H39N3O2. The molecule has 2 aliphatic carbocycles. The topological polar surface area (TPSA) is 58.8 Å². The van der Waals surface area contributed by atoms with Gasteiger partial charge < -0.3 is 20.3 Å². The number of likely N-dealkylation sites (tertiary alicyclic amines) is 2. The summed E-state index contributed by atoms with van der Waals surface area (Å²) in [6, 6.07) is -0.167. The average molecular weight is 402 g/mol. The van der Waals surface area contributed by atoms with E-state index in [0.717, 1.165) is 37.4 Å². The normalized spacial score (nSPS) is 31.1. The Bertz CT molecular complexity index is 620. The van der Waals surface area contributed by atoms with Crippen molar-refractivity contribution in [3.63, 3.8) is 0 Å². The highest BCUT2D eigenvalue weighted by Gasteiger charge is 2.39. The van der Waals surface area contributed by atoms with Gasteiger partial charge in [-0.1, -0.05) is 31.4 Å². The number of rotatable bonds is 4. The maximum atomic E-state index is 13.0. The highest BCUT2D eigenvalue weighted by atomic mass is 16.5. The highest BCUT2D eigenvalue weighted by Crippen LogP contribution is 2.42. The third-order valence-electron chi connectivity index (χ3n) is 8.01. The number of amides is 1. The second-order valence-corrected chi connectivity index (χ2v) is 9.86. The maximum absolute atomic E-state index is 13.0. The van der Waals surface area contributed by atoms with E-state index in [4.69, 9.17) is 10.5 Å². The summed E-state index contributed by atoms with van der Waals surface area (Å²) in [7, 11) is 1.65. The molecular weight excluding hydrogens is 362 g/mol. The van der Waals surface area contributed by atoms with Crippen LogP contribution in [0.2, 0.25) is 0 Å². The van der Waals surface area contributed by atoms with Crippen LogP contribution in [-0.4, -0.2) is 67.7 Å². The Hall–Kier alpha value is -1.17. The molecule has 4 aliphatic rings. The Kier molecular flexibility index (Phi) is 6.77. The average Bonchev–Trinajstić information content (AvgIpc) is 2.77. The molecule has 1 amide bonds. The Morgan fingerprint density at radius 3 is 2.41 bits per heavy atom. The predicted molar refractivity (Wildman–Crippen MR) is 116 cm³/mol. The van der Waals surface area contributed by atoms with Crippen LogP contribution in [0, 0.1) is 11.3 Å². The molecule has 5 nitrogen and oxygen atoms in total. The van der Waals surface area contributed by atoms with Crippen molar-refractivity contribution in [2.45, 2.75) is 69.9 Å². The number of nitrogens with two attached hydrogens (primary N) is 1. The van der Waals surface area contributed by atoms with Crippen molar-refractivity contribution in [2.75, 3.05) is 39.8 Å². The number of carbonyl (C=O) groups is 1. The third-order valence-corrected chi connectivity index (χ3v) is 8.01. The molecule has 2 saturated heterocycles. The van der Waals surface area contributed by atoms with Crippen LogP contribution in [0.1, 0.15) is 57.8 Å². The minimum absolute atomic E-state index is 0.139. The second kappa shape index (κ2) is 9.32. The summed E-state index contributed by atoms with van der Waals surface area (Å²) >= 11 is 0. The van der Waals surface area contributed by atoms with Gasteiger partial charge in [-0.05, 0) is 69.0 Å². The molecule has 162 valence electrons. The van der Waals surface area contributed by atoms with Crippen molar-refractivity contribution in [3.05, 3.63) is 23.8 Å². The molecule has 0 aromatic rings. The lowest BCUT2D eigenvalue weighted by molar-refractivity contribution is -0.129. The monoisotopic (exact) mass is 401 g/mol. The number of hydrogen-bond acceptors (Lipinski definition) is 4. The van der Waals surface area contributed by atoms with Crippen molar-refractivity contribution < 1.29 is 9.53 Å². The Labute approximate surface area is 176 Å². The first-order chi connectivity index (χ1) is 14.1. The fourth-order valence-corrected chi connectivity index (χ4v) is 5.85. The van der Waals surface area contributed by atoms with Crippen molar-refractivity contribution in [3.8, 4) is 0 Å². The van der Waals surface area contributed by atoms with E-state index in [1.165, 1.54) is 64.6 Å². The standard InChI is InChI=1S/C24H39N3O2/c1-29-22-17-20(7-8-21(22)25)23(28)27-15-11-24(12-16-27)9-13-26(14-10-24)18-19-5-3-2-4-6-19/h7-8,17,19,21-22H,2-6,9-16,18,25H2,1H3. The van der Waals surface area contributed by atoms with Gasteiger partial charge in [-0.3, -0.25) is 4.79 Å². The van der Waals surface area contributed by atoms with E-state index < -0.39 is 0 Å². The molecule has 0 aromatic heterocycles. The first-order valence-electron chi connectivity index (χ1n) is 11.8. The summed E-state index contributed by atoms with van der Waals surface area (Å²) in [5.41, 5.74) is 7.21. The molecule has 2 atom stereocenters. The molecule has 0 aromatic carbocycles. The van der Waals surface area contributed by atoms with E-state index in [0.29, 0.717) is 5.41 Å². The Balaban J connectivity index is 1.25. The number of ether oxygens (including phenoxy) is 1. The molecule has 0 bridgehead atoms. The van der Waals surface area contributed by atoms with Crippen LogP contribution < -0.4 is 5.73 Å². The van der Waals surface area contributed by atoms with Gasteiger partial charge in [0.15, 0.2) is 0 Å². The molecule has 2 N–H and O–H groups in total. The lowest BCUT2D eigenvalue weighted by Gasteiger charge is -2.47. The van der Waals surface area contributed by atoms with Crippen molar-refractivity contribution in [1.29, 1.82) is 0 Å². The van der Waals surface area contributed by atoms with Gasteiger partial charge in [-0.2, -0.15) is 0 Å². The molecule has 2 aliphatic heterocycles. The van der Waals surface area contributed by atoms with Gasteiger partial charge in [-0.25, -0.2) is 0 Å². The van der Waals surface area contributed by atoms with Gasteiger partial charge in [0.2, 0.25) is 0 Å². The lowest BCUT2D eigenvalue weighted by Crippen LogP contribution is -2.49. The van der Waals surface area contributed by atoms with E-state index in [9.17, 15) is 4.79 Å². The zero-order chi connectivity index (χ0) is 20.3. The second-order valence-electron chi connectivity index (χ2n) is 9.86. The van der Waals surface area contributed by atoms with Crippen LogP contribution >= 0.6 is 0 Å². The predicted octanol–water partition coefficient (Wildman–Crippen LogP) is 3.11. The summed E-state index contributed by atoms with van der Waals surface area (Å²) < 4.78 is 5.40. The van der Waals surface area contributed by atoms with Crippen LogP contribution in [0.15, 0.2) is 23.8 Å². The summed E-state index contributed by atoms with van der Waals surface area (Å²) in [5.74, 6) is 1.08. The van der Waals surface area contributed by atoms with Crippen LogP contribution in [0.25, 0.3) is 0 Å². The third kappa shape index (κ3) is 4.95. The SMILES string of the molecule is COC1C=C(C(=O)N2CCC3(CCN(CC4CCCCC4)CC3)CC2)C=CC1N. The Morgan fingerprint density at radius 2 is 1.76 bits per heavy atom. The van der Waals surface area contributed by atoms with E-state index in [2.05, 4.69) is 4.90 Å². The number of carbonyl (C=O) groups excluding carboxylic acids is 1. The van der Waals surface area contributed by atoms with Gasteiger partial charge in [0, 0.05) is 32.3 Å². The molecule has 1 saturated carbocycles. The molecule has 2 unspecified atom stereocenters. The Morgan fingerprint density at radius 1 is 1.10 bits per heavy atom. The zero-order valence-corrected chi connectivity index (χ0v) is 18.2. The lowest BCUT2D eigenvalue weighted by atomic mass is 9.71. The number of nitrogens with zero attached hydrogens (tertiary/aromatic N) is 2. The molecule has 0 radical (unpaired) electrons. The summed E-state index contributed by atoms with van der Waals surface area (Å²) in [5, 5.41) is 0. The molecule has 1 spiro atoms. The van der Waals surface area contributed by atoms with Crippen LogP contribution in [0.3, 0.4) is 0 Å². The minimum atomic E-state index is -0.205. The maximum Gasteiger partial charge on any atom is 0.253 e. The van der Waals surface area contributed by atoms with Crippen LogP contribution in [0.4, 0.5) is 0 Å². The quantitative estimate of drug-likeness (QED) is 0.786. The fraction of sp³-hybridized carbons (Fsp3) is 0.792. The van der Waals surface area contributed by atoms with Crippen molar-refractivity contribution >= 4 is 5.91 Å². The number of hydrogen-bond donors (Lipinski definition) is 1. The summed E-state index contributed by atoms with van der Waals surface area (Å²) in [6.45, 7) is 5.61. The van der Waals surface area contributed by atoms with Crippen molar-refractivity contribution in [1.82, 2.24) is 9.80 Å². The molecule has 4 rings (SSSR count). The number of piperidine rings is 2. The van der Waals surface area contributed by atoms with E-state index >= 15 is 0 Å². The molecule has 3 fully saturated rings. The molecule has 5 heteroatoms. The number of methoxy groups -OCH3 is 1. The smallest absolute Gasteiger partial charge is 0.253 e. The first-order valence-corrected chi connectivity index (χ1v) is 11.8. The highest BCUT2D eigenvalue weighted by molar-refractivity contribution is 5.96. The van der Waals surface area contributed by atoms with Gasteiger partial charge in [-0.15, -0.1) is 0 Å². The van der Waals surface area contributed by atoms with E-state index in [1.807, 2.05) is 23.1 Å². The van der Waals surface area contributed by atoms with Crippen LogP contribution in [0.5, 0.6) is 0 Å². The zero-order valence-electron chi connectivity index (χ0n) is 18.2. The summed E-state index contributed by atoms with van der Waals surface area (Å²) in [6.07, 6.45) is 17.6. The van der Waals surface area contributed by atoms with Gasteiger partial charge >= 0.3 is 0 Å². The van der Waals surface area contributed by atoms with Crippen molar-refractivity contribution in [2.24, 2.45) is 17.1 Å². The molecule has 2 heterocycles.